The highest BCUT2D eigenvalue weighted by atomic mass is 32.1. The minimum Gasteiger partial charge on any atom is -0.390 e. The van der Waals surface area contributed by atoms with Crippen LogP contribution in [0, 0.1) is 5.92 Å². The number of aliphatic hydroxyl groups is 1. The molecule has 15 heavy (non-hydrogen) atoms. The van der Waals surface area contributed by atoms with Crippen LogP contribution in [-0.4, -0.2) is 23.9 Å². The fraction of sp³-hybridized carbons (Fsp3) is 0.667. The highest BCUT2D eigenvalue weighted by molar-refractivity contribution is 7.07. The lowest BCUT2D eigenvalue weighted by Gasteiger charge is -2.20. The van der Waals surface area contributed by atoms with Crippen LogP contribution in [0.5, 0.6) is 0 Å². The summed E-state index contributed by atoms with van der Waals surface area (Å²) in [6, 6.07) is 2.12. The Morgan fingerprint density at radius 3 is 3.13 bits per heavy atom. The molecule has 3 heteroatoms. The van der Waals surface area contributed by atoms with Crippen molar-refractivity contribution in [2.45, 2.75) is 38.4 Å². The highest BCUT2D eigenvalue weighted by Gasteiger charge is 2.30. The molecule has 2 nitrogen and oxygen atoms in total. The highest BCUT2D eigenvalue weighted by Crippen LogP contribution is 2.25. The number of aryl methyl sites for hydroxylation is 1. The third kappa shape index (κ3) is 2.80. The smallest absolute Gasteiger partial charge is 0.0860 e. The molecule has 2 heterocycles. The molecule has 1 aromatic rings. The van der Waals surface area contributed by atoms with E-state index in [9.17, 15) is 5.11 Å². The molecule has 1 fully saturated rings. The molecule has 1 N–H and O–H groups in total. The predicted octanol–water partition coefficient (Wildman–Crippen LogP) is 2.47. The summed E-state index contributed by atoms with van der Waals surface area (Å²) in [6.45, 7) is 2.97. The first-order valence-electron chi connectivity index (χ1n) is 5.58. The molecule has 1 aromatic heterocycles. The maximum absolute atomic E-state index is 10.00. The standard InChI is InChI=1S/C12H18O2S/c1-9-4-6-14-12(9)11(13)3-2-10-5-7-15-8-10/h5,7-9,11-13H,2-4,6H2,1H3. The van der Waals surface area contributed by atoms with Crippen LogP contribution in [0.3, 0.4) is 0 Å². The fourth-order valence-electron chi connectivity index (χ4n) is 2.12. The van der Waals surface area contributed by atoms with Crippen LogP contribution in [0.25, 0.3) is 0 Å². The van der Waals surface area contributed by atoms with Gasteiger partial charge in [0.1, 0.15) is 0 Å². The summed E-state index contributed by atoms with van der Waals surface area (Å²) < 4.78 is 5.55. The minimum absolute atomic E-state index is 0.0589. The van der Waals surface area contributed by atoms with Gasteiger partial charge in [0.2, 0.25) is 0 Å². The molecule has 0 aliphatic carbocycles. The molecule has 1 aliphatic rings. The van der Waals surface area contributed by atoms with Gasteiger partial charge in [-0.2, -0.15) is 11.3 Å². The zero-order chi connectivity index (χ0) is 10.7. The van der Waals surface area contributed by atoms with Gasteiger partial charge in [-0.15, -0.1) is 0 Å². The molecule has 0 radical (unpaired) electrons. The normalized spacial score (nSPS) is 28.1. The number of hydrogen-bond acceptors (Lipinski definition) is 3. The van der Waals surface area contributed by atoms with Crippen molar-refractivity contribution in [1.82, 2.24) is 0 Å². The third-order valence-electron chi connectivity index (χ3n) is 3.13. The van der Waals surface area contributed by atoms with Crippen LogP contribution >= 0.6 is 11.3 Å². The van der Waals surface area contributed by atoms with Crippen LogP contribution in [0.15, 0.2) is 16.8 Å². The van der Waals surface area contributed by atoms with Crippen molar-refractivity contribution in [3.05, 3.63) is 22.4 Å². The maximum Gasteiger partial charge on any atom is 0.0860 e. The van der Waals surface area contributed by atoms with Gasteiger partial charge < -0.3 is 9.84 Å². The van der Waals surface area contributed by atoms with Crippen LogP contribution in [0.4, 0.5) is 0 Å². The van der Waals surface area contributed by atoms with Gasteiger partial charge in [-0.1, -0.05) is 6.92 Å². The van der Waals surface area contributed by atoms with E-state index in [1.165, 1.54) is 5.56 Å². The van der Waals surface area contributed by atoms with E-state index >= 15 is 0 Å². The number of rotatable bonds is 4. The molecule has 84 valence electrons. The van der Waals surface area contributed by atoms with E-state index in [0.717, 1.165) is 25.9 Å². The summed E-state index contributed by atoms with van der Waals surface area (Å²) in [5, 5.41) is 14.2. The fourth-order valence-corrected chi connectivity index (χ4v) is 2.83. The SMILES string of the molecule is CC1CCOC1C(O)CCc1ccsc1. The number of thiophene rings is 1. The summed E-state index contributed by atoms with van der Waals surface area (Å²) in [5.74, 6) is 0.502. The molecule has 3 unspecified atom stereocenters. The molecule has 0 aromatic carbocycles. The Morgan fingerprint density at radius 1 is 1.67 bits per heavy atom. The summed E-state index contributed by atoms with van der Waals surface area (Å²) in [4.78, 5) is 0. The summed E-state index contributed by atoms with van der Waals surface area (Å²) in [5.41, 5.74) is 1.32. The Morgan fingerprint density at radius 2 is 2.53 bits per heavy atom. The van der Waals surface area contributed by atoms with Crippen LogP contribution < -0.4 is 0 Å². The van der Waals surface area contributed by atoms with Crippen molar-refractivity contribution in [2.75, 3.05) is 6.61 Å². The molecule has 0 saturated carbocycles. The van der Waals surface area contributed by atoms with Crippen molar-refractivity contribution >= 4 is 11.3 Å². The van der Waals surface area contributed by atoms with Gasteiger partial charge in [0.15, 0.2) is 0 Å². The predicted molar refractivity (Wildman–Crippen MR) is 62.2 cm³/mol. The average Bonchev–Trinajstić information content (AvgIpc) is 2.84. The van der Waals surface area contributed by atoms with Gasteiger partial charge in [0, 0.05) is 6.61 Å². The van der Waals surface area contributed by atoms with E-state index in [1.807, 2.05) is 0 Å². The molecular formula is C12H18O2S. The average molecular weight is 226 g/mol. The van der Waals surface area contributed by atoms with Crippen LogP contribution in [0.2, 0.25) is 0 Å². The largest absolute Gasteiger partial charge is 0.390 e. The summed E-state index contributed by atoms with van der Waals surface area (Å²) >= 11 is 1.71. The quantitative estimate of drug-likeness (QED) is 0.854. The number of aliphatic hydroxyl groups excluding tert-OH is 1. The monoisotopic (exact) mass is 226 g/mol. The Hall–Kier alpha value is -0.380. The van der Waals surface area contributed by atoms with Gasteiger partial charge in [0.25, 0.3) is 0 Å². The van der Waals surface area contributed by atoms with Crippen LogP contribution in [-0.2, 0) is 11.2 Å². The Bertz CT molecular complexity index is 284. The Labute approximate surface area is 94.9 Å². The molecule has 1 saturated heterocycles. The van der Waals surface area contributed by atoms with E-state index in [1.54, 1.807) is 11.3 Å². The summed E-state index contributed by atoms with van der Waals surface area (Å²) in [7, 11) is 0. The molecular weight excluding hydrogens is 208 g/mol. The first-order valence-corrected chi connectivity index (χ1v) is 6.52. The Balaban J connectivity index is 1.79. The zero-order valence-electron chi connectivity index (χ0n) is 9.06. The molecule has 1 aliphatic heterocycles. The zero-order valence-corrected chi connectivity index (χ0v) is 9.87. The van der Waals surface area contributed by atoms with Crippen molar-refractivity contribution < 1.29 is 9.84 Å². The second kappa shape index (κ2) is 5.10. The van der Waals surface area contributed by atoms with E-state index < -0.39 is 0 Å². The second-order valence-electron chi connectivity index (χ2n) is 4.34. The topological polar surface area (TPSA) is 29.5 Å². The van der Waals surface area contributed by atoms with Gasteiger partial charge in [0.05, 0.1) is 12.2 Å². The van der Waals surface area contributed by atoms with Crippen LogP contribution in [0.1, 0.15) is 25.3 Å². The lowest BCUT2D eigenvalue weighted by atomic mass is 9.96. The van der Waals surface area contributed by atoms with Crippen molar-refractivity contribution in [2.24, 2.45) is 5.92 Å². The minimum atomic E-state index is -0.303. The molecule has 0 spiro atoms. The van der Waals surface area contributed by atoms with Crippen molar-refractivity contribution in [3.63, 3.8) is 0 Å². The maximum atomic E-state index is 10.00. The van der Waals surface area contributed by atoms with E-state index in [4.69, 9.17) is 4.74 Å². The molecule has 0 bridgehead atoms. The van der Waals surface area contributed by atoms with Crippen molar-refractivity contribution in [3.8, 4) is 0 Å². The first-order chi connectivity index (χ1) is 7.27. The molecule has 0 amide bonds. The molecule has 3 atom stereocenters. The first kappa shape index (κ1) is 11.1. The second-order valence-corrected chi connectivity index (χ2v) is 5.12. The van der Waals surface area contributed by atoms with E-state index in [0.29, 0.717) is 5.92 Å². The van der Waals surface area contributed by atoms with Gasteiger partial charge >= 0.3 is 0 Å². The number of ether oxygens (including phenoxy) is 1. The van der Waals surface area contributed by atoms with Gasteiger partial charge in [-0.05, 0) is 47.6 Å². The van der Waals surface area contributed by atoms with Crippen molar-refractivity contribution in [1.29, 1.82) is 0 Å². The Kier molecular flexibility index (Phi) is 3.78. The van der Waals surface area contributed by atoms with Gasteiger partial charge in [-0.25, -0.2) is 0 Å². The lowest BCUT2D eigenvalue weighted by molar-refractivity contribution is -0.0197. The summed E-state index contributed by atoms with van der Waals surface area (Å²) in [6.07, 6.45) is 2.61. The van der Waals surface area contributed by atoms with Gasteiger partial charge in [-0.3, -0.25) is 0 Å². The number of hydrogen-bond donors (Lipinski definition) is 1. The molecule has 2 rings (SSSR count). The van der Waals surface area contributed by atoms with E-state index in [2.05, 4.69) is 23.8 Å². The third-order valence-corrected chi connectivity index (χ3v) is 3.86. The lowest BCUT2D eigenvalue weighted by Crippen LogP contribution is -2.30. The van der Waals surface area contributed by atoms with E-state index in [-0.39, 0.29) is 12.2 Å².